The molecule has 0 bridgehead atoms. The molecule has 3 aromatic rings. The normalized spacial score (nSPS) is 14.3. The van der Waals surface area contributed by atoms with E-state index in [0.717, 1.165) is 5.56 Å². The third kappa shape index (κ3) is 1.65. The third-order valence-electron chi connectivity index (χ3n) is 3.88. The molecular weight excluding hydrogens is 274 g/mol. The van der Waals surface area contributed by atoms with E-state index in [1.54, 1.807) is 12.1 Å². The molecule has 0 saturated heterocycles. The van der Waals surface area contributed by atoms with E-state index in [4.69, 9.17) is 4.42 Å². The van der Waals surface area contributed by atoms with Crippen molar-refractivity contribution in [1.29, 1.82) is 0 Å². The van der Waals surface area contributed by atoms with Crippen LogP contribution in [0.1, 0.15) is 17.5 Å². The number of halogens is 2. The molecule has 0 N–H and O–H groups in total. The lowest BCUT2D eigenvalue weighted by Gasteiger charge is -2.14. The molecule has 0 fully saturated rings. The van der Waals surface area contributed by atoms with Gasteiger partial charge in [-0.2, -0.15) is 0 Å². The van der Waals surface area contributed by atoms with Gasteiger partial charge in [0, 0.05) is 5.56 Å². The largest absolute Gasteiger partial charge is 0.456 e. The first-order valence-electron chi connectivity index (χ1n) is 6.70. The Morgan fingerprint density at radius 3 is 2.67 bits per heavy atom. The fourth-order valence-electron chi connectivity index (χ4n) is 2.93. The van der Waals surface area contributed by atoms with E-state index in [2.05, 4.69) is 0 Å². The van der Waals surface area contributed by atoms with E-state index in [-0.39, 0.29) is 27.5 Å². The van der Waals surface area contributed by atoms with E-state index < -0.39 is 17.1 Å². The van der Waals surface area contributed by atoms with Crippen molar-refractivity contribution in [2.75, 3.05) is 0 Å². The van der Waals surface area contributed by atoms with Crippen LogP contribution in [0.25, 0.3) is 27.8 Å². The van der Waals surface area contributed by atoms with Gasteiger partial charge < -0.3 is 4.42 Å². The molecule has 2 nitrogen and oxygen atoms in total. The number of hydrogen-bond acceptors (Lipinski definition) is 2. The maximum absolute atomic E-state index is 14.2. The zero-order valence-electron chi connectivity index (χ0n) is 11.0. The van der Waals surface area contributed by atoms with Crippen molar-refractivity contribution in [3.05, 3.63) is 63.6 Å². The number of benzene rings is 2. The van der Waals surface area contributed by atoms with Gasteiger partial charge in [-0.05, 0) is 42.7 Å². The molecule has 21 heavy (non-hydrogen) atoms. The monoisotopic (exact) mass is 284 g/mol. The molecule has 0 aliphatic heterocycles. The average molecular weight is 284 g/mol. The fraction of sp³-hybridized carbons (Fsp3) is 0.118. The van der Waals surface area contributed by atoms with Gasteiger partial charge >= 0.3 is 0 Å². The highest BCUT2D eigenvalue weighted by Gasteiger charge is 2.21. The Morgan fingerprint density at radius 1 is 1.00 bits per heavy atom. The second-order valence-electron chi connectivity index (χ2n) is 5.11. The average Bonchev–Trinajstić information content (AvgIpc) is 2.47. The first-order chi connectivity index (χ1) is 10.2. The van der Waals surface area contributed by atoms with E-state index in [1.807, 2.05) is 0 Å². The second-order valence-corrected chi connectivity index (χ2v) is 5.11. The zero-order valence-corrected chi connectivity index (χ0v) is 11.0. The SMILES string of the molecule is O=c1c2c(F)cccc2oc2ccc3c(c12)C(F)=CCC3. The summed E-state index contributed by atoms with van der Waals surface area (Å²) in [6.45, 7) is 0. The van der Waals surface area contributed by atoms with Crippen LogP contribution in [-0.2, 0) is 6.42 Å². The summed E-state index contributed by atoms with van der Waals surface area (Å²) < 4.78 is 33.7. The standard InChI is InChI=1S/C17H10F2O2/c18-10-4-1-3-9-7-8-13-16(14(9)10)17(20)15-11(19)5-2-6-12(15)21-13/h2,4-8H,1,3H2. The molecule has 104 valence electrons. The van der Waals surface area contributed by atoms with Gasteiger partial charge in [0.2, 0.25) is 5.43 Å². The summed E-state index contributed by atoms with van der Waals surface area (Å²) in [7, 11) is 0. The highest BCUT2D eigenvalue weighted by atomic mass is 19.1. The Morgan fingerprint density at radius 2 is 1.81 bits per heavy atom. The Kier molecular flexibility index (Phi) is 2.48. The summed E-state index contributed by atoms with van der Waals surface area (Å²) in [5.74, 6) is -1.09. The molecular formula is C17H10F2O2. The fourth-order valence-corrected chi connectivity index (χ4v) is 2.93. The van der Waals surface area contributed by atoms with Gasteiger partial charge in [-0.25, -0.2) is 8.78 Å². The molecule has 1 aliphatic rings. The molecule has 0 unspecified atom stereocenters. The van der Waals surface area contributed by atoms with Gasteiger partial charge in [-0.1, -0.05) is 12.1 Å². The van der Waals surface area contributed by atoms with Crippen molar-refractivity contribution in [2.24, 2.45) is 0 Å². The maximum atomic E-state index is 14.2. The molecule has 0 saturated carbocycles. The van der Waals surface area contributed by atoms with E-state index in [1.165, 1.54) is 24.3 Å². The molecule has 0 spiro atoms. The van der Waals surface area contributed by atoms with E-state index >= 15 is 0 Å². The van der Waals surface area contributed by atoms with Crippen LogP contribution < -0.4 is 5.43 Å². The minimum absolute atomic E-state index is 0.124. The topological polar surface area (TPSA) is 30.2 Å². The molecule has 4 heteroatoms. The van der Waals surface area contributed by atoms with Gasteiger partial charge in [0.05, 0.1) is 5.39 Å². The zero-order chi connectivity index (χ0) is 14.6. The Hall–Kier alpha value is -2.49. The summed E-state index contributed by atoms with van der Waals surface area (Å²) in [4.78, 5) is 12.6. The molecule has 1 heterocycles. The maximum Gasteiger partial charge on any atom is 0.204 e. The van der Waals surface area contributed by atoms with Gasteiger partial charge in [0.25, 0.3) is 0 Å². The highest BCUT2D eigenvalue weighted by Crippen LogP contribution is 2.33. The summed E-state index contributed by atoms with van der Waals surface area (Å²) in [5, 5.41) is -0.00433. The van der Waals surface area contributed by atoms with Gasteiger partial charge in [0.1, 0.15) is 28.2 Å². The van der Waals surface area contributed by atoms with Crippen molar-refractivity contribution >= 4 is 27.8 Å². The van der Waals surface area contributed by atoms with Crippen LogP contribution in [0.4, 0.5) is 8.78 Å². The number of fused-ring (bicyclic) bond motifs is 4. The third-order valence-corrected chi connectivity index (χ3v) is 3.88. The van der Waals surface area contributed by atoms with Crippen LogP contribution in [-0.4, -0.2) is 0 Å². The van der Waals surface area contributed by atoms with Crippen molar-refractivity contribution in [2.45, 2.75) is 12.8 Å². The predicted octanol–water partition coefficient (Wildman–Crippen LogP) is 4.34. The van der Waals surface area contributed by atoms with Crippen molar-refractivity contribution in [3.8, 4) is 0 Å². The summed E-state index contributed by atoms with van der Waals surface area (Å²) >= 11 is 0. The molecule has 1 aromatic heterocycles. The van der Waals surface area contributed by atoms with Crippen molar-refractivity contribution < 1.29 is 13.2 Å². The quantitative estimate of drug-likeness (QED) is 0.575. The smallest absolute Gasteiger partial charge is 0.204 e. The lowest BCUT2D eigenvalue weighted by atomic mass is 9.92. The van der Waals surface area contributed by atoms with E-state index in [9.17, 15) is 13.6 Å². The molecule has 0 radical (unpaired) electrons. The Bertz CT molecular complexity index is 983. The van der Waals surface area contributed by atoms with Crippen molar-refractivity contribution in [1.82, 2.24) is 0 Å². The molecule has 4 rings (SSSR count). The molecule has 0 atom stereocenters. The highest BCUT2D eigenvalue weighted by molar-refractivity contribution is 5.97. The van der Waals surface area contributed by atoms with Crippen molar-refractivity contribution in [3.63, 3.8) is 0 Å². The molecule has 0 amide bonds. The summed E-state index contributed by atoms with van der Waals surface area (Å²) in [5.41, 5.74) is 0.935. The van der Waals surface area contributed by atoms with Crippen LogP contribution >= 0.6 is 0 Å². The van der Waals surface area contributed by atoms with Crippen LogP contribution in [0.15, 0.2) is 45.6 Å². The second kappa shape index (κ2) is 4.25. The van der Waals surface area contributed by atoms with Crippen LogP contribution in [0, 0.1) is 5.82 Å². The number of allylic oxidation sites excluding steroid dienone is 1. The lowest BCUT2D eigenvalue weighted by molar-refractivity contribution is 0.624. The molecule has 2 aromatic carbocycles. The minimum Gasteiger partial charge on any atom is -0.456 e. The Balaban J connectivity index is 2.29. The van der Waals surface area contributed by atoms with Crippen LogP contribution in [0.5, 0.6) is 0 Å². The number of aryl methyl sites for hydroxylation is 1. The summed E-state index contributed by atoms with van der Waals surface area (Å²) in [6.07, 6.45) is 2.71. The van der Waals surface area contributed by atoms with Crippen LogP contribution in [0.2, 0.25) is 0 Å². The van der Waals surface area contributed by atoms with Gasteiger partial charge in [-0.15, -0.1) is 0 Å². The first kappa shape index (κ1) is 12.3. The minimum atomic E-state index is -0.652. The van der Waals surface area contributed by atoms with E-state index in [0.29, 0.717) is 12.8 Å². The Labute approximate surface area is 118 Å². The van der Waals surface area contributed by atoms with Gasteiger partial charge in [0.15, 0.2) is 0 Å². The number of hydrogen-bond donors (Lipinski definition) is 0. The molecule has 1 aliphatic carbocycles. The predicted molar refractivity (Wildman–Crippen MR) is 77.4 cm³/mol. The summed E-state index contributed by atoms with van der Waals surface area (Å²) in [6, 6.07) is 7.62. The van der Waals surface area contributed by atoms with Gasteiger partial charge in [-0.3, -0.25) is 4.79 Å². The number of rotatable bonds is 0. The van der Waals surface area contributed by atoms with Crippen LogP contribution in [0.3, 0.4) is 0 Å². The lowest BCUT2D eigenvalue weighted by Crippen LogP contribution is -2.09. The first-order valence-corrected chi connectivity index (χ1v) is 6.70.